The van der Waals surface area contributed by atoms with Crippen LogP contribution in [0.3, 0.4) is 0 Å². The topological polar surface area (TPSA) is 63.3 Å². The Morgan fingerprint density at radius 2 is 1.50 bits per heavy atom. The molecule has 0 aliphatic heterocycles. The molecule has 1 radical (unpaired) electrons. The molecular formula is C33H38IrNO3-. The summed E-state index contributed by atoms with van der Waals surface area (Å²) in [6.07, 6.45) is 1.17. The second kappa shape index (κ2) is 12.2. The van der Waals surface area contributed by atoms with E-state index in [0.717, 1.165) is 33.5 Å². The SMILES string of the molecule is CC(=O)/C=C(/C)O.Cc1[c-]c(-c2ccc3cc(-c4ccc(C(C)(C)C)cc4)oc3n2)cc(C(C)(C)C)c1.[Ir]. The number of furan rings is 1. The average Bonchev–Trinajstić information content (AvgIpc) is 3.20. The van der Waals surface area contributed by atoms with Gasteiger partial charge in [-0.15, -0.1) is 34.9 Å². The molecule has 2 heterocycles. The normalized spacial score (nSPS) is 12.0. The van der Waals surface area contributed by atoms with Crippen molar-refractivity contribution in [1.82, 2.24) is 4.98 Å². The Morgan fingerprint density at radius 3 is 2.00 bits per heavy atom. The van der Waals surface area contributed by atoms with E-state index >= 15 is 0 Å². The van der Waals surface area contributed by atoms with Crippen molar-refractivity contribution in [3.05, 3.63) is 89.2 Å². The average molecular weight is 689 g/mol. The summed E-state index contributed by atoms with van der Waals surface area (Å²) in [4.78, 5) is 14.8. The van der Waals surface area contributed by atoms with E-state index in [2.05, 4.69) is 109 Å². The number of rotatable bonds is 3. The van der Waals surface area contributed by atoms with Crippen LogP contribution in [0.1, 0.15) is 72.1 Å². The van der Waals surface area contributed by atoms with Crippen molar-refractivity contribution >= 4 is 16.9 Å². The molecule has 0 fully saturated rings. The molecule has 0 bridgehead atoms. The third kappa shape index (κ3) is 8.24. The summed E-state index contributed by atoms with van der Waals surface area (Å²) in [7, 11) is 0. The van der Waals surface area contributed by atoms with Crippen LogP contribution in [0.4, 0.5) is 0 Å². The third-order valence-corrected chi connectivity index (χ3v) is 5.98. The van der Waals surface area contributed by atoms with Crippen molar-refractivity contribution < 1.29 is 34.4 Å². The largest absolute Gasteiger partial charge is 0.512 e. The van der Waals surface area contributed by atoms with E-state index in [4.69, 9.17) is 14.5 Å². The molecule has 0 amide bonds. The fraction of sp³-hybridized carbons (Fsp3) is 0.333. The number of allylic oxidation sites excluding steroid dienone is 2. The smallest absolute Gasteiger partial charge is 0.217 e. The van der Waals surface area contributed by atoms with E-state index in [-0.39, 0.29) is 42.5 Å². The van der Waals surface area contributed by atoms with Crippen LogP contribution < -0.4 is 0 Å². The first kappa shape index (κ1) is 31.2. The Balaban J connectivity index is 0.000000561. The fourth-order valence-corrected chi connectivity index (χ4v) is 3.92. The zero-order valence-electron chi connectivity index (χ0n) is 23.8. The first-order valence-electron chi connectivity index (χ1n) is 12.6. The number of aryl methyl sites for hydroxylation is 1. The van der Waals surface area contributed by atoms with E-state index in [1.165, 1.54) is 31.1 Å². The number of hydrogen-bond acceptors (Lipinski definition) is 4. The van der Waals surface area contributed by atoms with Gasteiger partial charge in [0.2, 0.25) is 5.71 Å². The maximum Gasteiger partial charge on any atom is 0.217 e. The van der Waals surface area contributed by atoms with Gasteiger partial charge in [0, 0.05) is 37.1 Å². The van der Waals surface area contributed by atoms with Crippen LogP contribution in [0.15, 0.2) is 70.8 Å². The second-order valence-corrected chi connectivity index (χ2v) is 11.6. The molecule has 4 rings (SSSR count). The van der Waals surface area contributed by atoms with E-state index < -0.39 is 0 Å². The third-order valence-electron chi connectivity index (χ3n) is 5.98. The van der Waals surface area contributed by atoms with Gasteiger partial charge in [-0.25, -0.2) is 0 Å². The molecule has 38 heavy (non-hydrogen) atoms. The second-order valence-electron chi connectivity index (χ2n) is 11.6. The van der Waals surface area contributed by atoms with Crippen molar-refractivity contribution in [2.24, 2.45) is 0 Å². The Kier molecular flexibility index (Phi) is 10.0. The Labute approximate surface area is 240 Å². The maximum absolute atomic E-state index is 10.0. The summed E-state index contributed by atoms with van der Waals surface area (Å²) in [6, 6.07) is 22.7. The van der Waals surface area contributed by atoms with Gasteiger partial charge in [0.15, 0.2) is 5.78 Å². The number of aliphatic hydroxyl groups excluding tert-OH is 1. The molecule has 0 spiro atoms. The maximum atomic E-state index is 10.0. The van der Waals surface area contributed by atoms with Gasteiger partial charge in [-0.2, -0.15) is 0 Å². The van der Waals surface area contributed by atoms with Crippen LogP contribution in [-0.4, -0.2) is 15.9 Å². The van der Waals surface area contributed by atoms with Crippen molar-refractivity contribution in [3.8, 4) is 22.6 Å². The van der Waals surface area contributed by atoms with E-state index in [9.17, 15) is 4.79 Å². The Morgan fingerprint density at radius 1 is 0.895 bits per heavy atom. The summed E-state index contributed by atoms with van der Waals surface area (Å²) in [5.41, 5.74) is 7.57. The van der Waals surface area contributed by atoms with Crippen LogP contribution in [0, 0.1) is 13.0 Å². The van der Waals surface area contributed by atoms with Gasteiger partial charge in [-0.3, -0.25) is 9.78 Å². The zero-order chi connectivity index (χ0) is 27.5. The molecule has 4 nitrogen and oxygen atoms in total. The minimum Gasteiger partial charge on any atom is -0.512 e. The number of aromatic nitrogens is 1. The van der Waals surface area contributed by atoms with Crippen molar-refractivity contribution in [3.63, 3.8) is 0 Å². The summed E-state index contributed by atoms with van der Waals surface area (Å²) in [5.74, 6) is 0.784. The number of pyridine rings is 1. The summed E-state index contributed by atoms with van der Waals surface area (Å²) in [6.45, 7) is 18.3. The summed E-state index contributed by atoms with van der Waals surface area (Å²) < 4.78 is 6.14. The molecule has 2 aromatic heterocycles. The van der Waals surface area contributed by atoms with Crippen LogP contribution >= 0.6 is 0 Å². The number of ketones is 1. The molecule has 5 heteroatoms. The monoisotopic (exact) mass is 689 g/mol. The molecule has 0 aliphatic rings. The van der Waals surface area contributed by atoms with Gasteiger partial charge in [0.25, 0.3) is 0 Å². The number of hydrogen-bond donors (Lipinski definition) is 1. The Bertz CT molecular complexity index is 1430. The number of fused-ring (bicyclic) bond motifs is 1. The number of carbonyl (C=O) groups excluding carboxylic acids is 1. The van der Waals surface area contributed by atoms with Gasteiger partial charge >= 0.3 is 0 Å². The molecule has 0 saturated carbocycles. The fourth-order valence-electron chi connectivity index (χ4n) is 3.92. The molecule has 0 saturated heterocycles. The molecule has 0 atom stereocenters. The van der Waals surface area contributed by atoms with Gasteiger partial charge in [-0.05, 0) is 42.0 Å². The van der Waals surface area contributed by atoms with Crippen LogP contribution in [0.2, 0.25) is 0 Å². The van der Waals surface area contributed by atoms with Gasteiger partial charge in [0.1, 0.15) is 5.76 Å². The predicted molar refractivity (Wildman–Crippen MR) is 153 cm³/mol. The molecule has 2 aromatic carbocycles. The minimum absolute atomic E-state index is 0. The molecule has 0 unspecified atom stereocenters. The van der Waals surface area contributed by atoms with Crippen LogP contribution in [-0.2, 0) is 35.7 Å². The number of nitrogens with zero attached hydrogens (tertiary/aromatic N) is 1. The van der Waals surface area contributed by atoms with Gasteiger partial charge in [0.05, 0.1) is 5.76 Å². The minimum atomic E-state index is -0.125. The number of benzene rings is 2. The number of aliphatic hydroxyl groups is 1. The molecular weight excluding hydrogens is 651 g/mol. The zero-order valence-corrected chi connectivity index (χ0v) is 26.2. The standard InChI is InChI=1S/C28H30NO.C5H8O2.Ir/c1-18-14-21(16-23(15-18)28(5,6)7)24-13-10-20-17-25(30-26(20)29-24)19-8-11-22(12-9-19)27(2,3)4;1-4(6)3-5(2)7;/h8-13,15-17H,1-7H3;3,6H,1-2H3;/q-1;;/b;4-3-;. The quantitative estimate of drug-likeness (QED) is 0.133. The van der Waals surface area contributed by atoms with Crippen molar-refractivity contribution in [2.45, 2.75) is 73.1 Å². The van der Waals surface area contributed by atoms with Crippen LogP contribution in [0.25, 0.3) is 33.7 Å². The molecule has 1 N–H and O–H groups in total. The van der Waals surface area contributed by atoms with Gasteiger partial charge in [-0.1, -0.05) is 84.9 Å². The summed E-state index contributed by atoms with van der Waals surface area (Å²) >= 11 is 0. The van der Waals surface area contributed by atoms with E-state index in [1.54, 1.807) is 0 Å². The number of carbonyl (C=O) groups is 1. The van der Waals surface area contributed by atoms with Gasteiger partial charge < -0.3 is 9.52 Å². The molecule has 0 aliphatic carbocycles. The first-order valence-corrected chi connectivity index (χ1v) is 12.6. The van der Waals surface area contributed by atoms with E-state index in [1.807, 2.05) is 0 Å². The van der Waals surface area contributed by atoms with Crippen molar-refractivity contribution in [1.29, 1.82) is 0 Å². The first-order chi connectivity index (χ1) is 17.1. The predicted octanol–water partition coefficient (Wildman–Crippen LogP) is 8.90. The van der Waals surface area contributed by atoms with Crippen LogP contribution in [0.5, 0.6) is 0 Å². The molecule has 4 aromatic rings. The Hall–Kier alpha value is -3.01. The van der Waals surface area contributed by atoms with E-state index in [0.29, 0.717) is 5.71 Å². The molecule has 203 valence electrons. The van der Waals surface area contributed by atoms with Crippen molar-refractivity contribution in [2.75, 3.05) is 0 Å². The summed E-state index contributed by atoms with van der Waals surface area (Å²) in [5, 5.41) is 9.37.